The van der Waals surface area contributed by atoms with Crippen molar-refractivity contribution < 1.29 is 4.79 Å². The Balaban J connectivity index is 1.86. The fraction of sp³-hybridized carbons (Fsp3) is 0.500. The SMILES string of the molecule is CCCn1c(SCC(=O)N2CCCCC2)nc2ccc(Br)cc2c1=O. The van der Waals surface area contributed by atoms with Gasteiger partial charge in [0.25, 0.3) is 5.56 Å². The Labute approximate surface area is 159 Å². The predicted octanol–water partition coefficient (Wildman–Crippen LogP) is 3.67. The molecule has 3 rings (SSSR count). The van der Waals surface area contributed by atoms with Crippen LogP contribution >= 0.6 is 27.7 Å². The van der Waals surface area contributed by atoms with Crippen LogP contribution in [0.4, 0.5) is 0 Å². The summed E-state index contributed by atoms with van der Waals surface area (Å²) >= 11 is 4.78. The lowest BCUT2D eigenvalue weighted by atomic mass is 10.1. The number of thioether (sulfide) groups is 1. The number of nitrogens with zero attached hydrogens (tertiary/aromatic N) is 3. The Morgan fingerprint density at radius 2 is 2.04 bits per heavy atom. The van der Waals surface area contributed by atoms with E-state index in [2.05, 4.69) is 20.9 Å². The molecule has 1 fully saturated rings. The van der Waals surface area contributed by atoms with Gasteiger partial charge < -0.3 is 4.90 Å². The van der Waals surface area contributed by atoms with Crippen molar-refractivity contribution in [1.82, 2.24) is 14.5 Å². The molecule has 134 valence electrons. The summed E-state index contributed by atoms with van der Waals surface area (Å²) in [6.45, 7) is 4.33. The lowest BCUT2D eigenvalue weighted by molar-refractivity contribution is -0.129. The molecule has 2 heterocycles. The van der Waals surface area contributed by atoms with Crippen LogP contribution in [0.2, 0.25) is 0 Å². The van der Waals surface area contributed by atoms with Gasteiger partial charge in [-0.3, -0.25) is 14.2 Å². The number of benzene rings is 1. The third kappa shape index (κ3) is 4.26. The summed E-state index contributed by atoms with van der Waals surface area (Å²) in [5.41, 5.74) is 0.634. The molecule has 0 N–H and O–H groups in total. The number of carbonyl (C=O) groups is 1. The zero-order valence-electron chi connectivity index (χ0n) is 14.3. The number of hydrogen-bond acceptors (Lipinski definition) is 4. The van der Waals surface area contributed by atoms with Crippen molar-refractivity contribution in [2.24, 2.45) is 0 Å². The van der Waals surface area contributed by atoms with Crippen LogP contribution in [0.1, 0.15) is 32.6 Å². The molecule has 0 aliphatic carbocycles. The van der Waals surface area contributed by atoms with E-state index >= 15 is 0 Å². The van der Waals surface area contributed by atoms with Gasteiger partial charge in [-0.25, -0.2) is 4.98 Å². The van der Waals surface area contributed by atoms with E-state index in [1.807, 2.05) is 30.0 Å². The van der Waals surface area contributed by atoms with Crippen molar-refractivity contribution in [3.05, 3.63) is 33.0 Å². The zero-order valence-corrected chi connectivity index (χ0v) is 16.7. The second-order valence-corrected chi connectivity index (χ2v) is 8.10. The van der Waals surface area contributed by atoms with Gasteiger partial charge in [0.05, 0.1) is 16.7 Å². The van der Waals surface area contributed by atoms with Crippen molar-refractivity contribution >= 4 is 44.5 Å². The summed E-state index contributed by atoms with van der Waals surface area (Å²) in [6.07, 6.45) is 4.21. The molecule has 1 aromatic heterocycles. The van der Waals surface area contributed by atoms with Gasteiger partial charge in [0.1, 0.15) is 0 Å². The van der Waals surface area contributed by atoms with Crippen LogP contribution in [0.5, 0.6) is 0 Å². The molecule has 1 saturated heterocycles. The van der Waals surface area contributed by atoms with Gasteiger partial charge in [-0.05, 0) is 43.9 Å². The summed E-state index contributed by atoms with van der Waals surface area (Å²) < 4.78 is 2.56. The highest BCUT2D eigenvalue weighted by atomic mass is 79.9. The summed E-state index contributed by atoms with van der Waals surface area (Å²) in [5.74, 6) is 0.468. The van der Waals surface area contributed by atoms with Crippen LogP contribution in [-0.4, -0.2) is 39.2 Å². The Morgan fingerprint density at radius 1 is 1.28 bits per heavy atom. The number of rotatable bonds is 5. The molecule has 7 heteroatoms. The van der Waals surface area contributed by atoms with Crippen molar-refractivity contribution in [3.63, 3.8) is 0 Å². The molecule has 5 nitrogen and oxygen atoms in total. The number of hydrogen-bond donors (Lipinski definition) is 0. The first-order valence-corrected chi connectivity index (χ1v) is 10.5. The molecule has 0 bridgehead atoms. The van der Waals surface area contributed by atoms with Crippen molar-refractivity contribution in [3.8, 4) is 0 Å². The van der Waals surface area contributed by atoms with E-state index in [0.717, 1.165) is 36.8 Å². The maximum Gasteiger partial charge on any atom is 0.262 e. The number of piperidine rings is 1. The fourth-order valence-corrected chi connectivity index (χ4v) is 4.35. The Morgan fingerprint density at radius 3 is 2.76 bits per heavy atom. The highest BCUT2D eigenvalue weighted by Crippen LogP contribution is 2.21. The summed E-state index contributed by atoms with van der Waals surface area (Å²) in [7, 11) is 0. The lowest BCUT2D eigenvalue weighted by Crippen LogP contribution is -2.37. The first-order chi connectivity index (χ1) is 12.1. The van der Waals surface area contributed by atoms with Crippen molar-refractivity contribution in [1.29, 1.82) is 0 Å². The minimum Gasteiger partial charge on any atom is -0.342 e. The van der Waals surface area contributed by atoms with E-state index in [-0.39, 0.29) is 11.5 Å². The molecule has 0 saturated carbocycles. The number of aromatic nitrogens is 2. The number of carbonyl (C=O) groups excluding carboxylic acids is 1. The van der Waals surface area contributed by atoms with Crippen LogP contribution < -0.4 is 5.56 Å². The van der Waals surface area contributed by atoms with Crippen LogP contribution in [0.15, 0.2) is 32.6 Å². The molecule has 0 spiro atoms. The molecule has 1 aliphatic heterocycles. The largest absolute Gasteiger partial charge is 0.342 e. The average molecular weight is 424 g/mol. The monoisotopic (exact) mass is 423 g/mol. The Hall–Kier alpha value is -1.34. The molecule has 2 aromatic rings. The van der Waals surface area contributed by atoms with Crippen molar-refractivity contribution in [2.75, 3.05) is 18.8 Å². The lowest BCUT2D eigenvalue weighted by Gasteiger charge is -2.26. The highest BCUT2D eigenvalue weighted by Gasteiger charge is 2.18. The molecule has 1 aromatic carbocycles. The van der Waals surface area contributed by atoms with Gasteiger partial charge in [0.2, 0.25) is 5.91 Å². The molecule has 0 radical (unpaired) electrons. The maximum absolute atomic E-state index is 12.8. The fourth-order valence-electron chi connectivity index (χ4n) is 3.06. The van der Waals surface area contributed by atoms with Crippen LogP contribution in [0.3, 0.4) is 0 Å². The van der Waals surface area contributed by atoms with Gasteiger partial charge in [-0.1, -0.05) is 34.6 Å². The zero-order chi connectivity index (χ0) is 17.8. The third-order valence-corrected chi connectivity index (χ3v) is 5.82. The summed E-state index contributed by atoms with van der Waals surface area (Å²) in [5, 5.41) is 1.24. The molecule has 1 aliphatic rings. The van der Waals surface area contributed by atoms with Gasteiger partial charge in [-0.2, -0.15) is 0 Å². The second kappa shape index (κ2) is 8.36. The van der Waals surface area contributed by atoms with Crippen LogP contribution in [0.25, 0.3) is 10.9 Å². The van der Waals surface area contributed by atoms with Gasteiger partial charge in [0.15, 0.2) is 5.16 Å². The van der Waals surface area contributed by atoms with Gasteiger partial charge >= 0.3 is 0 Å². The van der Waals surface area contributed by atoms with Crippen LogP contribution in [0, 0.1) is 0 Å². The Kier molecular flexibility index (Phi) is 6.17. The third-order valence-electron chi connectivity index (χ3n) is 4.36. The van der Waals surface area contributed by atoms with E-state index in [9.17, 15) is 9.59 Å². The molecule has 1 amide bonds. The number of likely N-dealkylation sites (tertiary alicyclic amines) is 1. The normalized spacial score (nSPS) is 14.9. The summed E-state index contributed by atoms with van der Waals surface area (Å²) in [6, 6.07) is 5.53. The minimum absolute atomic E-state index is 0.0407. The molecule has 25 heavy (non-hydrogen) atoms. The van der Waals surface area contributed by atoms with E-state index in [1.54, 1.807) is 4.57 Å². The molecular formula is C18H22BrN3O2S. The van der Waals surface area contributed by atoms with Crippen LogP contribution in [-0.2, 0) is 11.3 Å². The maximum atomic E-state index is 12.8. The smallest absolute Gasteiger partial charge is 0.262 e. The first-order valence-electron chi connectivity index (χ1n) is 8.71. The van der Waals surface area contributed by atoms with Gasteiger partial charge in [-0.15, -0.1) is 0 Å². The predicted molar refractivity (Wildman–Crippen MR) is 105 cm³/mol. The van der Waals surface area contributed by atoms with E-state index in [4.69, 9.17) is 0 Å². The van der Waals surface area contributed by atoms with E-state index < -0.39 is 0 Å². The molecule has 0 atom stereocenters. The summed E-state index contributed by atoms with van der Waals surface area (Å²) in [4.78, 5) is 31.8. The van der Waals surface area contributed by atoms with Crippen molar-refractivity contribution in [2.45, 2.75) is 44.3 Å². The highest BCUT2D eigenvalue weighted by molar-refractivity contribution is 9.10. The second-order valence-electron chi connectivity index (χ2n) is 6.24. The number of amides is 1. The van der Waals surface area contributed by atoms with E-state index in [1.165, 1.54) is 18.2 Å². The molecular weight excluding hydrogens is 402 g/mol. The quantitative estimate of drug-likeness (QED) is 0.543. The topological polar surface area (TPSA) is 55.2 Å². The Bertz CT molecular complexity index is 831. The van der Waals surface area contributed by atoms with E-state index in [0.29, 0.717) is 28.4 Å². The molecule has 0 unspecified atom stereocenters. The average Bonchev–Trinajstić information content (AvgIpc) is 2.63. The van der Waals surface area contributed by atoms with Gasteiger partial charge in [0, 0.05) is 24.1 Å². The number of halogens is 1. The number of fused-ring (bicyclic) bond motifs is 1. The first kappa shape index (κ1) is 18.5. The standard InChI is InChI=1S/C18H22BrN3O2S/c1-2-8-22-17(24)14-11-13(19)6-7-15(14)20-18(22)25-12-16(23)21-9-4-3-5-10-21/h6-7,11H,2-5,8-10,12H2,1H3. The minimum atomic E-state index is -0.0407.